The van der Waals surface area contributed by atoms with Gasteiger partial charge in [-0.1, -0.05) is 55.7 Å². The monoisotopic (exact) mass is 351 g/mol. The molecule has 0 spiro atoms. The van der Waals surface area contributed by atoms with Crippen molar-refractivity contribution in [3.63, 3.8) is 0 Å². The van der Waals surface area contributed by atoms with E-state index >= 15 is 0 Å². The van der Waals surface area contributed by atoms with Gasteiger partial charge in [0.05, 0.1) is 7.11 Å². The summed E-state index contributed by atoms with van der Waals surface area (Å²) in [6, 6.07) is 14.7. The van der Waals surface area contributed by atoms with Crippen molar-refractivity contribution in [3.8, 4) is 5.75 Å². The van der Waals surface area contributed by atoms with Crippen molar-refractivity contribution in [2.24, 2.45) is 0 Å². The highest BCUT2D eigenvalue weighted by atomic mass is 16.5. The van der Waals surface area contributed by atoms with E-state index in [1.165, 1.54) is 0 Å². The molecule has 0 aliphatic heterocycles. The maximum absolute atomic E-state index is 13.3. The third kappa shape index (κ3) is 3.50. The first-order valence-electron chi connectivity index (χ1n) is 9.13. The summed E-state index contributed by atoms with van der Waals surface area (Å²) in [6.45, 7) is 1.86. The molecule has 0 saturated heterocycles. The number of ether oxygens (including phenoxy) is 1. The highest BCUT2D eigenvalue weighted by molar-refractivity contribution is 6.07. The molecule has 1 aliphatic rings. The zero-order chi connectivity index (χ0) is 18.6. The highest BCUT2D eigenvalue weighted by Gasteiger charge is 2.41. The van der Waals surface area contributed by atoms with Crippen LogP contribution in [0.2, 0.25) is 0 Å². The number of nitrogens with one attached hydrogen (secondary N) is 1. The number of ketones is 1. The largest absolute Gasteiger partial charge is 0.496 e. The molecule has 136 valence electrons. The first-order valence-corrected chi connectivity index (χ1v) is 9.13. The van der Waals surface area contributed by atoms with E-state index in [1.807, 2.05) is 43.3 Å². The van der Waals surface area contributed by atoms with Gasteiger partial charge >= 0.3 is 0 Å². The molecule has 1 fully saturated rings. The van der Waals surface area contributed by atoms with Gasteiger partial charge in [0.15, 0.2) is 5.78 Å². The number of Topliss-reactive ketones (excluding diaryl/α,β-unsaturated/α-hetero) is 1. The van der Waals surface area contributed by atoms with Crippen molar-refractivity contribution in [2.45, 2.75) is 44.6 Å². The molecule has 2 aromatic rings. The Kier molecular flexibility index (Phi) is 5.40. The quantitative estimate of drug-likeness (QED) is 0.816. The average Bonchev–Trinajstić information content (AvgIpc) is 2.69. The molecule has 0 radical (unpaired) electrons. The third-order valence-corrected chi connectivity index (χ3v) is 5.28. The van der Waals surface area contributed by atoms with Gasteiger partial charge in [0.1, 0.15) is 11.3 Å². The molecular formula is C22H25NO3. The predicted molar refractivity (Wildman–Crippen MR) is 102 cm³/mol. The van der Waals surface area contributed by atoms with Crippen molar-refractivity contribution in [1.82, 2.24) is 5.32 Å². The van der Waals surface area contributed by atoms with Crippen LogP contribution in [0.25, 0.3) is 0 Å². The SMILES string of the molecule is COc1cccc(C(=O)NC2(C(=O)c3ccccc3)CCCCC2)c1C. The van der Waals surface area contributed by atoms with E-state index in [0.717, 1.165) is 24.8 Å². The van der Waals surface area contributed by atoms with E-state index in [0.29, 0.717) is 29.7 Å². The fourth-order valence-electron chi connectivity index (χ4n) is 3.80. The summed E-state index contributed by atoms with van der Waals surface area (Å²) in [5, 5.41) is 3.10. The molecule has 0 heterocycles. The lowest BCUT2D eigenvalue weighted by Gasteiger charge is -2.37. The van der Waals surface area contributed by atoms with Crippen LogP contribution >= 0.6 is 0 Å². The van der Waals surface area contributed by atoms with Crippen LogP contribution in [0, 0.1) is 6.92 Å². The molecule has 26 heavy (non-hydrogen) atoms. The minimum Gasteiger partial charge on any atom is -0.496 e. The van der Waals surface area contributed by atoms with Gasteiger partial charge < -0.3 is 10.1 Å². The van der Waals surface area contributed by atoms with Gasteiger partial charge in [0.2, 0.25) is 0 Å². The Morgan fingerprint density at radius 2 is 1.65 bits per heavy atom. The van der Waals surface area contributed by atoms with Gasteiger partial charge in [-0.2, -0.15) is 0 Å². The number of hydrogen-bond acceptors (Lipinski definition) is 3. The molecular weight excluding hydrogens is 326 g/mol. The molecule has 3 rings (SSSR count). The zero-order valence-electron chi connectivity index (χ0n) is 15.4. The molecule has 1 amide bonds. The van der Waals surface area contributed by atoms with E-state index in [9.17, 15) is 9.59 Å². The van der Waals surface area contributed by atoms with Crippen LogP contribution in [-0.2, 0) is 0 Å². The number of benzene rings is 2. The Morgan fingerprint density at radius 3 is 2.31 bits per heavy atom. The van der Waals surface area contributed by atoms with Crippen molar-refractivity contribution in [2.75, 3.05) is 7.11 Å². The first kappa shape index (κ1) is 18.2. The number of carbonyl (C=O) groups excluding carboxylic acids is 2. The molecule has 0 atom stereocenters. The summed E-state index contributed by atoms with van der Waals surface area (Å²) in [4.78, 5) is 26.3. The number of amides is 1. The normalized spacial score (nSPS) is 15.9. The van der Waals surface area contributed by atoms with Crippen LogP contribution in [0.1, 0.15) is 58.4 Å². The van der Waals surface area contributed by atoms with Gasteiger partial charge in [-0.15, -0.1) is 0 Å². The summed E-state index contributed by atoms with van der Waals surface area (Å²) >= 11 is 0. The summed E-state index contributed by atoms with van der Waals surface area (Å²) in [7, 11) is 1.59. The lowest BCUT2D eigenvalue weighted by molar-refractivity contribution is 0.0713. The van der Waals surface area contributed by atoms with Gasteiger partial charge in [0, 0.05) is 16.7 Å². The van der Waals surface area contributed by atoms with E-state index in [-0.39, 0.29) is 11.7 Å². The molecule has 4 nitrogen and oxygen atoms in total. The second-order valence-corrected chi connectivity index (χ2v) is 6.92. The summed E-state index contributed by atoms with van der Waals surface area (Å²) in [6.07, 6.45) is 4.33. The minimum atomic E-state index is -0.827. The second kappa shape index (κ2) is 7.73. The summed E-state index contributed by atoms with van der Waals surface area (Å²) in [5.41, 5.74) is 1.16. The van der Waals surface area contributed by atoms with Crippen LogP contribution < -0.4 is 10.1 Å². The van der Waals surface area contributed by atoms with Crippen molar-refractivity contribution < 1.29 is 14.3 Å². The Bertz CT molecular complexity index is 792. The Balaban J connectivity index is 1.92. The van der Waals surface area contributed by atoms with Crippen LogP contribution in [0.4, 0.5) is 0 Å². The van der Waals surface area contributed by atoms with E-state index < -0.39 is 5.54 Å². The number of methoxy groups -OCH3 is 1. The standard InChI is InChI=1S/C22H25NO3/c1-16-18(12-9-13-19(16)26-2)21(25)23-22(14-7-4-8-15-22)20(24)17-10-5-3-6-11-17/h3,5-6,9-13H,4,7-8,14-15H2,1-2H3,(H,23,25). The van der Waals surface area contributed by atoms with E-state index in [1.54, 1.807) is 19.2 Å². The highest BCUT2D eigenvalue weighted by Crippen LogP contribution is 2.32. The molecule has 1 N–H and O–H groups in total. The van der Waals surface area contributed by atoms with Gasteiger partial charge in [0.25, 0.3) is 5.91 Å². The molecule has 0 unspecified atom stereocenters. The fourth-order valence-corrected chi connectivity index (χ4v) is 3.80. The Labute approximate surface area is 154 Å². The molecule has 4 heteroatoms. The van der Waals surface area contributed by atoms with Gasteiger partial charge in [-0.05, 0) is 31.9 Å². The number of rotatable bonds is 5. The van der Waals surface area contributed by atoms with Crippen molar-refractivity contribution >= 4 is 11.7 Å². The van der Waals surface area contributed by atoms with Gasteiger partial charge in [-0.3, -0.25) is 9.59 Å². The maximum Gasteiger partial charge on any atom is 0.252 e. The summed E-state index contributed by atoms with van der Waals surface area (Å²) < 4.78 is 5.32. The summed E-state index contributed by atoms with van der Waals surface area (Å²) in [5.74, 6) is 0.462. The first-order chi connectivity index (χ1) is 12.6. The molecule has 1 saturated carbocycles. The number of carbonyl (C=O) groups is 2. The third-order valence-electron chi connectivity index (χ3n) is 5.28. The van der Waals surface area contributed by atoms with Crippen LogP contribution in [0.15, 0.2) is 48.5 Å². The van der Waals surface area contributed by atoms with Gasteiger partial charge in [-0.25, -0.2) is 0 Å². The van der Waals surface area contributed by atoms with Crippen molar-refractivity contribution in [3.05, 3.63) is 65.2 Å². The molecule has 0 bridgehead atoms. The van der Waals surface area contributed by atoms with E-state index in [4.69, 9.17) is 4.74 Å². The molecule has 2 aromatic carbocycles. The minimum absolute atomic E-state index is 0.00620. The Hall–Kier alpha value is -2.62. The maximum atomic E-state index is 13.3. The second-order valence-electron chi connectivity index (χ2n) is 6.92. The van der Waals surface area contributed by atoms with Crippen molar-refractivity contribution in [1.29, 1.82) is 0 Å². The number of hydrogen-bond donors (Lipinski definition) is 1. The topological polar surface area (TPSA) is 55.4 Å². The van der Waals surface area contributed by atoms with Crippen LogP contribution in [0.5, 0.6) is 5.75 Å². The zero-order valence-corrected chi connectivity index (χ0v) is 15.4. The van der Waals surface area contributed by atoms with Crippen LogP contribution in [-0.4, -0.2) is 24.3 Å². The fraction of sp³-hybridized carbons (Fsp3) is 0.364. The van der Waals surface area contributed by atoms with E-state index in [2.05, 4.69) is 5.32 Å². The predicted octanol–water partition coefficient (Wildman–Crippen LogP) is 4.32. The average molecular weight is 351 g/mol. The molecule has 1 aliphatic carbocycles. The Morgan fingerprint density at radius 1 is 0.962 bits per heavy atom. The lowest BCUT2D eigenvalue weighted by Crippen LogP contribution is -2.55. The molecule has 0 aromatic heterocycles. The lowest BCUT2D eigenvalue weighted by atomic mass is 9.76. The van der Waals surface area contributed by atoms with Crippen LogP contribution in [0.3, 0.4) is 0 Å². The smallest absolute Gasteiger partial charge is 0.252 e.